The molecular formula is C33H42N4O7. The van der Waals surface area contributed by atoms with E-state index in [0.717, 1.165) is 42.7 Å². The number of carbonyl (C=O) groups is 2. The maximum absolute atomic E-state index is 13.5. The molecule has 44 heavy (non-hydrogen) atoms. The van der Waals surface area contributed by atoms with Gasteiger partial charge in [0.05, 0.1) is 23.7 Å². The summed E-state index contributed by atoms with van der Waals surface area (Å²) < 4.78 is 31.1. The molecule has 2 aromatic carbocycles. The van der Waals surface area contributed by atoms with Crippen LogP contribution in [0.2, 0.25) is 0 Å². The summed E-state index contributed by atoms with van der Waals surface area (Å²) in [7, 11) is 0. The number of nitrogens with zero attached hydrogens (tertiary/aromatic N) is 3. The topological polar surface area (TPSA) is 113 Å². The van der Waals surface area contributed by atoms with Crippen LogP contribution in [-0.2, 0) is 20.8 Å². The van der Waals surface area contributed by atoms with E-state index in [9.17, 15) is 9.59 Å². The summed E-state index contributed by atoms with van der Waals surface area (Å²) in [5, 5.41) is 3.20. The third-order valence-electron chi connectivity index (χ3n) is 8.11. The fourth-order valence-corrected chi connectivity index (χ4v) is 6.04. The quantitative estimate of drug-likeness (QED) is 0.390. The first-order valence-electron chi connectivity index (χ1n) is 15.6. The van der Waals surface area contributed by atoms with Crippen LogP contribution in [0.25, 0.3) is 11.0 Å². The number of ether oxygens (including phenoxy) is 5. The van der Waals surface area contributed by atoms with Crippen LogP contribution < -0.4 is 14.8 Å². The van der Waals surface area contributed by atoms with Gasteiger partial charge in [0.2, 0.25) is 0 Å². The Morgan fingerprint density at radius 2 is 1.84 bits per heavy atom. The summed E-state index contributed by atoms with van der Waals surface area (Å²) in [4.78, 5) is 33.7. The monoisotopic (exact) mass is 606 g/mol. The highest BCUT2D eigenvalue weighted by molar-refractivity contribution is 5.95. The molecule has 6 rings (SSSR count). The highest BCUT2D eigenvalue weighted by Gasteiger charge is 2.38. The van der Waals surface area contributed by atoms with Gasteiger partial charge in [-0.15, -0.1) is 0 Å². The second kappa shape index (κ2) is 13.0. The van der Waals surface area contributed by atoms with E-state index < -0.39 is 17.7 Å². The summed E-state index contributed by atoms with van der Waals surface area (Å²) in [6, 6.07) is 12.5. The summed E-state index contributed by atoms with van der Waals surface area (Å²) in [6.45, 7) is 8.63. The lowest BCUT2D eigenvalue weighted by Gasteiger charge is -2.40. The van der Waals surface area contributed by atoms with Crippen molar-refractivity contribution in [2.45, 2.75) is 83.4 Å². The van der Waals surface area contributed by atoms with Gasteiger partial charge >= 0.3 is 6.09 Å². The van der Waals surface area contributed by atoms with Crippen LogP contribution in [0.4, 0.5) is 4.79 Å². The lowest BCUT2D eigenvalue weighted by molar-refractivity contribution is -0.163. The minimum atomic E-state index is -0.654. The van der Waals surface area contributed by atoms with Gasteiger partial charge < -0.3 is 33.6 Å². The molecule has 1 aromatic heterocycles. The number of fused-ring (bicyclic) bond motifs is 2. The van der Waals surface area contributed by atoms with Gasteiger partial charge in [-0.1, -0.05) is 12.1 Å². The zero-order chi connectivity index (χ0) is 30.7. The van der Waals surface area contributed by atoms with Crippen molar-refractivity contribution in [3.8, 4) is 11.5 Å². The van der Waals surface area contributed by atoms with E-state index in [1.807, 2.05) is 45.0 Å². The third kappa shape index (κ3) is 6.94. The molecule has 3 aliphatic heterocycles. The Hall–Kier alpha value is -3.83. The molecule has 1 N–H and O–H groups in total. The Labute approximate surface area is 257 Å². The smallest absolute Gasteiger partial charge is 0.410 e. The molecule has 0 bridgehead atoms. The number of imidazole rings is 1. The van der Waals surface area contributed by atoms with Gasteiger partial charge in [0.25, 0.3) is 5.91 Å². The van der Waals surface area contributed by atoms with Crippen LogP contribution >= 0.6 is 0 Å². The molecule has 3 aliphatic rings. The van der Waals surface area contributed by atoms with Crippen LogP contribution in [0.3, 0.4) is 0 Å². The third-order valence-corrected chi connectivity index (χ3v) is 8.11. The van der Waals surface area contributed by atoms with Gasteiger partial charge in [0, 0.05) is 31.3 Å². The minimum Gasteiger partial charge on any atom is -0.486 e. The van der Waals surface area contributed by atoms with Crippen LogP contribution in [0, 0.1) is 0 Å². The molecule has 0 saturated carbocycles. The Morgan fingerprint density at radius 3 is 2.64 bits per heavy atom. The van der Waals surface area contributed by atoms with E-state index in [-0.39, 0.29) is 18.2 Å². The summed E-state index contributed by atoms with van der Waals surface area (Å²) in [6.07, 6.45) is 3.50. The summed E-state index contributed by atoms with van der Waals surface area (Å²) >= 11 is 0. The number of hydrogen-bond donors (Lipinski definition) is 1. The van der Waals surface area contributed by atoms with Crippen molar-refractivity contribution in [1.82, 2.24) is 19.8 Å². The molecule has 3 aromatic rings. The molecule has 0 spiro atoms. The van der Waals surface area contributed by atoms with Crippen molar-refractivity contribution >= 4 is 23.0 Å². The molecule has 11 nitrogen and oxygen atoms in total. The second-order valence-corrected chi connectivity index (χ2v) is 12.5. The molecule has 2 saturated heterocycles. The molecule has 4 heterocycles. The Bertz CT molecular complexity index is 1480. The molecule has 11 heteroatoms. The zero-order valence-electron chi connectivity index (χ0n) is 25.8. The SMILES string of the molecule is CC(C)(C)OC(=O)N1CC[C@@H](NC(=O)c2ccc3c(c2)OCCO3)C[C@@H]1c1nc2ccccc2n1CCOC1CCCCO1. The fourth-order valence-electron chi connectivity index (χ4n) is 6.04. The lowest BCUT2D eigenvalue weighted by Crippen LogP contribution is -2.50. The number of piperidine rings is 1. The predicted molar refractivity (Wildman–Crippen MR) is 163 cm³/mol. The molecule has 2 fully saturated rings. The standard InChI is InChI=1S/C33H42N4O7/c1-33(2,3)44-32(39)37-14-13-23(34-31(38)22-11-12-27-28(20-22)41-19-18-40-27)21-26(37)30-35-24-8-4-5-9-25(24)36(30)15-17-43-29-10-6-7-16-42-29/h4-5,8-9,11-12,20,23,26,29H,6-7,10,13-19,21H2,1-3H3,(H,34,38)/t23-,26-,29?/m1/s1. The molecule has 3 atom stereocenters. The Kier molecular flexibility index (Phi) is 8.95. The number of benzene rings is 2. The zero-order valence-corrected chi connectivity index (χ0v) is 25.8. The first kappa shape index (κ1) is 30.2. The first-order chi connectivity index (χ1) is 21.2. The predicted octanol–water partition coefficient (Wildman–Crippen LogP) is 5.22. The average Bonchev–Trinajstić information content (AvgIpc) is 3.39. The molecule has 0 radical (unpaired) electrons. The van der Waals surface area contributed by atoms with Gasteiger partial charge in [0.1, 0.15) is 24.6 Å². The first-order valence-corrected chi connectivity index (χ1v) is 15.6. The maximum Gasteiger partial charge on any atom is 0.410 e. The maximum atomic E-state index is 13.5. The molecule has 1 unspecified atom stereocenters. The van der Waals surface area contributed by atoms with Crippen molar-refractivity contribution < 1.29 is 33.3 Å². The number of carbonyl (C=O) groups excluding carboxylic acids is 2. The molecule has 236 valence electrons. The van der Waals surface area contributed by atoms with Crippen molar-refractivity contribution in [3.05, 3.63) is 53.9 Å². The van der Waals surface area contributed by atoms with E-state index in [1.54, 1.807) is 23.1 Å². The number of para-hydroxylation sites is 2. The summed E-state index contributed by atoms with van der Waals surface area (Å²) in [5.41, 5.74) is 1.64. The number of aromatic nitrogens is 2. The van der Waals surface area contributed by atoms with Crippen molar-refractivity contribution in [2.75, 3.05) is 33.0 Å². The summed E-state index contributed by atoms with van der Waals surface area (Å²) in [5.74, 6) is 1.74. The van der Waals surface area contributed by atoms with Crippen molar-refractivity contribution in [3.63, 3.8) is 0 Å². The van der Waals surface area contributed by atoms with E-state index in [0.29, 0.717) is 62.8 Å². The highest BCUT2D eigenvalue weighted by atomic mass is 16.7. The second-order valence-electron chi connectivity index (χ2n) is 12.5. The van der Waals surface area contributed by atoms with E-state index >= 15 is 0 Å². The van der Waals surface area contributed by atoms with Crippen LogP contribution in [0.5, 0.6) is 11.5 Å². The largest absolute Gasteiger partial charge is 0.486 e. The number of likely N-dealkylation sites (tertiary alicyclic amines) is 1. The van der Waals surface area contributed by atoms with Gasteiger partial charge in [0.15, 0.2) is 17.8 Å². The number of hydrogen-bond acceptors (Lipinski definition) is 8. The normalized spacial score (nSPS) is 22.1. The Morgan fingerprint density at radius 1 is 1.02 bits per heavy atom. The highest BCUT2D eigenvalue weighted by Crippen LogP contribution is 2.35. The number of amides is 2. The van der Waals surface area contributed by atoms with Crippen LogP contribution in [-0.4, -0.2) is 77.4 Å². The van der Waals surface area contributed by atoms with E-state index in [1.165, 1.54) is 0 Å². The van der Waals surface area contributed by atoms with Gasteiger partial charge in [-0.05, 0) is 83.2 Å². The van der Waals surface area contributed by atoms with Crippen LogP contribution in [0.15, 0.2) is 42.5 Å². The van der Waals surface area contributed by atoms with Gasteiger partial charge in [-0.25, -0.2) is 9.78 Å². The Balaban J connectivity index is 1.25. The van der Waals surface area contributed by atoms with Gasteiger partial charge in [-0.3, -0.25) is 9.69 Å². The van der Waals surface area contributed by atoms with Gasteiger partial charge in [-0.2, -0.15) is 0 Å². The molecule has 0 aliphatic carbocycles. The van der Waals surface area contributed by atoms with E-state index in [2.05, 4.69) is 9.88 Å². The van der Waals surface area contributed by atoms with Crippen molar-refractivity contribution in [2.24, 2.45) is 0 Å². The minimum absolute atomic E-state index is 0.195. The number of rotatable bonds is 7. The lowest BCUT2D eigenvalue weighted by atomic mass is 9.96. The molecular weight excluding hydrogens is 564 g/mol. The van der Waals surface area contributed by atoms with Crippen LogP contribution in [0.1, 0.15) is 75.1 Å². The fraction of sp³-hybridized carbons (Fsp3) is 0.545. The number of nitrogens with one attached hydrogen (secondary N) is 1. The molecule has 2 amide bonds. The average molecular weight is 607 g/mol. The van der Waals surface area contributed by atoms with Crippen molar-refractivity contribution in [1.29, 1.82) is 0 Å². The van der Waals surface area contributed by atoms with E-state index in [4.69, 9.17) is 28.7 Å².